The lowest BCUT2D eigenvalue weighted by Gasteiger charge is -1.92. The van der Waals surface area contributed by atoms with Crippen molar-refractivity contribution in [3.05, 3.63) is 27.7 Å². The fourth-order valence-electron chi connectivity index (χ4n) is 0.652. The van der Waals surface area contributed by atoms with Crippen molar-refractivity contribution in [3.8, 4) is 0 Å². The van der Waals surface area contributed by atoms with Crippen molar-refractivity contribution in [2.75, 3.05) is 0 Å². The van der Waals surface area contributed by atoms with Gasteiger partial charge in [-0.2, -0.15) is 5.10 Å². The van der Waals surface area contributed by atoms with Crippen molar-refractivity contribution in [1.82, 2.24) is 10.2 Å². The van der Waals surface area contributed by atoms with Gasteiger partial charge >= 0.3 is 0 Å². The summed E-state index contributed by atoms with van der Waals surface area (Å²) in [7, 11) is 0. The lowest BCUT2D eigenvalue weighted by atomic mass is 10.3. The summed E-state index contributed by atoms with van der Waals surface area (Å²) in [4.78, 5) is 21.3. The van der Waals surface area contributed by atoms with Crippen LogP contribution in [0.3, 0.4) is 0 Å². The SMILES string of the molecule is Cc1cc(C(=O)Cl)c(=O)[nH]n1. The minimum atomic E-state index is -0.767. The molecule has 4 nitrogen and oxygen atoms in total. The summed E-state index contributed by atoms with van der Waals surface area (Å²) in [5.74, 6) is 0. The average molecular weight is 173 g/mol. The molecular weight excluding hydrogens is 168 g/mol. The molecular formula is C6H5ClN2O2. The number of hydrogen-bond acceptors (Lipinski definition) is 3. The zero-order valence-electron chi connectivity index (χ0n) is 5.72. The highest BCUT2D eigenvalue weighted by Gasteiger charge is 2.06. The van der Waals surface area contributed by atoms with Gasteiger partial charge in [-0.1, -0.05) is 0 Å². The fourth-order valence-corrected chi connectivity index (χ4v) is 0.792. The molecule has 1 N–H and O–H groups in total. The monoisotopic (exact) mass is 172 g/mol. The standard InChI is InChI=1S/C6H5ClN2O2/c1-3-2-4(5(7)10)6(11)9-8-3/h2H,1H3,(H,9,11). The van der Waals surface area contributed by atoms with Gasteiger partial charge < -0.3 is 0 Å². The summed E-state index contributed by atoms with van der Waals surface area (Å²) in [6.07, 6.45) is 0. The Morgan fingerprint density at radius 2 is 2.36 bits per heavy atom. The maximum atomic E-state index is 10.8. The molecule has 1 rings (SSSR count). The first-order valence-electron chi connectivity index (χ1n) is 2.87. The van der Waals surface area contributed by atoms with Crippen LogP contribution in [0.2, 0.25) is 0 Å². The minimum absolute atomic E-state index is 0.0702. The van der Waals surface area contributed by atoms with Crippen LogP contribution in [0.5, 0.6) is 0 Å². The Balaban J connectivity index is 3.35. The molecule has 0 radical (unpaired) electrons. The van der Waals surface area contributed by atoms with Crippen molar-refractivity contribution in [2.45, 2.75) is 6.92 Å². The van der Waals surface area contributed by atoms with Gasteiger partial charge in [0.1, 0.15) is 5.56 Å². The van der Waals surface area contributed by atoms with Crippen molar-refractivity contribution < 1.29 is 4.79 Å². The van der Waals surface area contributed by atoms with Crippen LogP contribution in [0.1, 0.15) is 16.1 Å². The summed E-state index contributed by atoms with van der Waals surface area (Å²) >= 11 is 5.09. The van der Waals surface area contributed by atoms with Crippen LogP contribution in [-0.2, 0) is 0 Å². The van der Waals surface area contributed by atoms with Gasteiger partial charge in [-0.15, -0.1) is 0 Å². The summed E-state index contributed by atoms with van der Waals surface area (Å²) < 4.78 is 0. The van der Waals surface area contributed by atoms with Gasteiger partial charge in [0.25, 0.3) is 10.8 Å². The summed E-state index contributed by atoms with van der Waals surface area (Å²) in [5.41, 5.74) is -0.0802. The van der Waals surface area contributed by atoms with Crippen LogP contribution < -0.4 is 5.56 Å². The average Bonchev–Trinajstić information content (AvgIpc) is 1.94. The highest BCUT2D eigenvalue weighted by atomic mass is 35.5. The molecule has 0 saturated heterocycles. The topological polar surface area (TPSA) is 62.8 Å². The van der Waals surface area contributed by atoms with E-state index in [4.69, 9.17) is 11.6 Å². The number of carbonyl (C=O) groups is 1. The highest BCUT2D eigenvalue weighted by molar-refractivity contribution is 6.67. The molecule has 0 saturated carbocycles. The normalized spacial score (nSPS) is 9.64. The van der Waals surface area contributed by atoms with E-state index in [2.05, 4.69) is 10.2 Å². The predicted octanol–water partition coefficient (Wildman–Crippen LogP) is 0.457. The number of carbonyl (C=O) groups excluding carboxylic acids is 1. The number of nitrogens with zero attached hydrogens (tertiary/aromatic N) is 1. The Kier molecular flexibility index (Phi) is 2.05. The molecule has 0 unspecified atom stereocenters. The molecule has 0 atom stereocenters. The quantitative estimate of drug-likeness (QED) is 0.626. The van der Waals surface area contributed by atoms with Crippen molar-refractivity contribution in [2.24, 2.45) is 0 Å². The number of aromatic nitrogens is 2. The number of halogens is 1. The number of aryl methyl sites for hydroxylation is 1. The van der Waals surface area contributed by atoms with Crippen LogP contribution in [0, 0.1) is 6.92 Å². The van der Waals surface area contributed by atoms with Crippen molar-refractivity contribution in [3.63, 3.8) is 0 Å². The molecule has 1 aromatic heterocycles. The first-order chi connectivity index (χ1) is 5.11. The second-order valence-electron chi connectivity index (χ2n) is 2.03. The third-order valence-corrected chi connectivity index (χ3v) is 1.35. The van der Waals surface area contributed by atoms with Crippen LogP contribution in [-0.4, -0.2) is 15.4 Å². The molecule has 58 valence electrons. The molecule has 0 amide bonds. The third-order valence-electron chi connectivity index (χ3n) is 1.14. The van der Waals surface area contributed by atoms with Crippen LogP contribution in [0.15, 0.2) is 10.9 Å². The van der Waals surface area contributed by atoms with Gasteiger partial charge in [0, 0.05) is 0 Å². The van der Waals surface area contributed by atoms with E-state index in [1.54, 1.807) is 6.92 Å². The number of H-pyrrole nitrogens is 1. The van der Waals surface area contributed by atoms with E-state index in [9.17, 15) is 9.59 Å². The Hall–Kier alpha value is -1.16. The smallest absolute Gasteiger partial charge is 0.275 e. The first kappa shape index (κ1) is 7.94. The van der Waals surface area contributed by atoms with Gasteiger partial charge in [0.05, 0.1) is 5.69 Å². The number of aromatic amines is 1. The Morgan fingerprint density at radius 3 is 2.82 bits per heavy atom. The van der Waals surface area contributed by atoms with Gasteiger partial charge in [-0.25, -0.2) is 5.10 Å². The van der Waals surface area contributed by atoms with Gasteiger partial charge in [-0.05, 0) is 24.6 Å². The maximum Gasteiger partial charge on any atom is 0.276 e. The molecule has 0 aliphatic carbocycles. The van der Waals surface area contributed by atoms with E-state index in [-0.39, 0.29) is 5.56 Å². The molecule has 0 bridgehead atoms. The van der Waals surface area contributed by atoms with E-state index in [0.717, 1.165) is 0 Å². The molecule has 0 aliphatic heterocycles. The van der Waals surface area contributed by atoms with Gasteiger partial charge in [-0.3, -0.25) is 9.59 Å². The van der Waals surface area contributed by atoms with Crippen LogP contribution in [0.4, 0.5) is 0 Å². The lowest BCUT2D eigenvalue weighted by molar-refractivity contribution is 0.107. The van der Waals surface area contributed by atoms with Gasteiger partial charge in [0.15, 0.2) is 0 Å². The van der Waals surface area contributed by atoms with Gasteiger partial charge in [0.2, 0.25) is 0 Å². The number of hydrogen-bond donors (Lipinski definition) is 1. The van der Waals surface area contributed by atoms with Crippen molar-refractivity contribution in [1.29, 1.82) is 0 Å². The summed E-state index contributed by atoms with van der Waals surface area (Å²) in [5, 5.41) is 4.95. The Labute approximate surface area is 67.2 Å². The van der Waals surface area contributed by atoms with E-state index in [1.807, 2.05) is 0 Å². The van der Waals surface area contributed by atoms with Crippen LogP contribution >= 0.6 is 11.6 Å². The molecule has 0 spiro atoms. The Bertz CT molecular complexity index is 345. The maximum absolute atomic E-state index is 10.8. The fraction of sp³-hybridized carbons (Fsp3) is 0.167. The van der Waals surface area contributed by atoms with E-state index in [0.29, 0.717) is 5.69 Å². The summed E-state index contributed by atoms with van der Waals surface area (Å²) in [6.45, 7) is 1.65. The molecule has 0 aromatic carbocycles. The Morgan fingerprint density at radius 1 is 1.73 bits per heavy atom. The highest BCUT2D eigenvalue weighted by Crippen LogP contribution is 1.97. The van der Waals surface area contributed by atoms with Crippen molar-refractivity contribution >= 4 is 16.8 Å². The number of rotatable bonds is 1. The first-order valence-corrected chi connectivity index (χ1v) is 3.25. The molecule has 11 heavy (non-hydrogen) atoms. The second-order valence-corrected chi connectivity index (χ2v) is 2.37. The molecule has 1 aromatic rings. The van der Waals surface area contributed by atoms with Crippen LogP contribution in [0.25, 0.3) is 0 Å². The molecule has 1 heterocycles. The van der Waals surface area contributed by atoms with E-state index < -0.39 is 10.8 Å². The lowest BCUT2D eigenvalue weighted by Crippen LogP contribution is -2.16. The summed E-state index contributed by atoms with van der Waals surface area (Å²) in [6, 6.07) is 1.34. The number of nitrogens with one attached hydrogen (secondary N) is 1. The third kappa shape index (κ3) is 1.65. The zero-order valence-corrected chi connectivity index (χ0v) is 6.47. The van der Waals surface area contributed by atoms with E-state index >= 15 is 0 Å². The predicted molar refractivity (Wildman–Crippen MR) is 39.8 cm³/mol. The zero-order chi connectivity index (χ0) is 8.43. The molecule has 0 aliphatic rings. The molecule has 0 fully saturated rings. The van der Waals surface area contributed by atoms with E-state index in [1.165, 1.54) is 6.07 Å². The second kappa shape index (κ2) is 2.84. The minimum Gasteiger partial charge on any atom is -0.275 e. The molecule has 5 heteroatoms. The largest absolute Gasteiger partial charge is 0.276 e.